The molecule has 2 heteroatoms. The molecule has 0 fully saturated rings. The molecule has 0 saturated carbocycles. The second-order valence-corrected chi connectivity index (χ2v) is 15.6. The quantitative estimate of drug-likeness (QED) is 0.171. The van der Waals surface area contributed by atoms with Crippen LogP contribution in [-0.4, -0.2) is 0 Å². The van der Waals surface area contributed by atoms with Gasteiger partial charge >= 0.3 is 0 Å². The van der Waals surface area contributed by atoms with Crippen molar-refractivity contribution in [3.63, 3.8) is 0 Å². The summed E-state index contributed by atoms with van der Waals surface area (Å²) in [6.45, 7) is 4.47. The molecule has 0 spiro atoms. The van der Waals surface area contributed by atoms with Crippen LogP contribution < -0.4 is 4.90 Å². The van der Waals surface area contributed by atoms with E-state index in [4.69, 9.17) is 8.22 Å². The summed E-state index contributed by atoms with van der Waals surface area (Å²) >= 11 is 1.69. The molecule has 11 rings (SSSR count). The fraction of sp³-hybridized carbons (Fsp3) is 0.0769. The Labute approximate surface area is 334 Å². The van der Waals surface area contributed by atoms with Gasteiger partial charge in [-0.05, 0) is 92.0 Å². The number of benzene rings is 8. The number of hydrogen-bond acceptors (Lipinski definition) is 2. The van der Waals surface area contributed by atoms with E-state index in [0.29, 0.717) is 27.9 Å². The minimum absolute atomic E-state index is 0.199. The van der Waals surface area contributed by atoms with E-state index in [1.165, 1.54) is 11.1 Å². The average Bonchev–Trinajstić information content (AvgIpc) is 3.91. The maximum atomic E-state index is 9.53. The summed E-state index contributed by atoms with van der Waals surface area (Å²) < 4.78 is 93.2. The molecule has 0 amide bonds. The lowest BCUT2D eigenvalue weighted by atomic mass is 9.67. The Bertz CT molecular complexity index is 3390. The lowest BCUT2D eigenvalue weighted by molar-refractivity contribution is 0.660. The van der Waals surface area contributed by atoms with Crippen molar-refractivity contribution in [2.45, 2.75) is 24.7 Å². The standard InChI is InChI=1S/C52H37NS/c1-51(2)44-24-12-9-20-38(44)40-30-28-36(32-46(40)51)53(48-26-15-23-43-42-22-11-14-27-49(42)54-50(43)48)37-29-31-41-39-21-10-13-25-45(39)52(47(41)33-37,34-16-5-3-6-17-34)35-18-7-4-8-19-35/h3-33H,1-2H3/i3D,4D,5D,6D,7D,8D,16D,17D,18D,19D. The topological polar surface area (TPSA) is 3.24 Å². The first-order chi connectivity index (χ1) is 30.7. The first-order valence-corrected chi connectivity index (χ1v) is 18.8. The maximum Gasteiger partial charge on any atom is 0.0714 e. The third-order valence-corrected chi connectivity index (χ3v) is 12.7. The van der Waals surface area contributed by atoms with Crippen molar-refractivity contribution in [2.75, 3.05) is 4.90 Å². The normalized spacial score (nSPS) is 17.0. The molecule has 0 aliphatic heterocycles. The van der Waals surface area contributed by atoms with E-state index in [2.05, 4.69) is 85.5 Å². The van der Waals surface area contributed by atoms with E-state index in [-0.39, 0.29) is 16.5 Å². The van der Waals surface area contributed by atoms with Crippen molar-refractivity contribution < 1.29 is 13.7 Å². The van der Waals surface area contributed by atoms with Gasteiger partial charge < -0.3 is 4.90 Å². The van der Waals surface area contributed by atoms with Crippen LogP contribution in [0.25, 0.3) is 42.4 Å². The molecule has 0 radical (unpaired) electrons. The fourth-order valence-electron chi connectivity index (χ4n) is 9.11. The summed E-state index contributed by atoms with van der Waals surface area (Å²) in [7, 11) is 0. The van der Waals surface area contributed by atoms with Gasteiger partial charge in [-0.15, -0.1) is 11.3 Å². The monoisotopic (exact) mass is 717 g/mol. The first kappa shape index (κ1) is 22.8. The molecule has 0 bridgehead atoms. The van der Waals surface area contributed by atoms with E-state index < -0.39 is 65.8 Å². The van der Waals surface area contributed by atoms with Crippen molar-refractivity contribution >= 4 is 48.6 Å². The molecule has 54 heavy (non-hydrogen) atoms. The molecule has 8 aromatic carbocycles. The van der Waals surface area contributed by atoms with Crippen LogP contribution in [0.3, 0.4) is 0 Å². The second kappa shape index (κ2) is 11.6. The zero-order chi connectivity index (χ0) is 44.7. The van der Waals surface area contributed by atoms with E-state index in [1.807, 2.05) is 48.5 Å². The molecule has 1 nitrogen and oxygen atoms in total. The zero-order valence-electron chi connectivity index (χ0n) is 39.5. The minimum Gasteiger partial charge on any atom is -0.309 e. The third kappa shape index (κ3) is 4.26. The van der Waals surface area contributed by atoms with Crippen molar-refractivity contribution in [1.29, 1.82) is 0 Å². The van der Waals surface area contributed by atoms with Gasteiger partial charge in [0.1, 0.15) is 0 Å². The van der Waals surface area contributed by atoms with Crippen LogP contribution in [0.4, 0.5) is 17.1 Å². The minimum atomic E-state index is -1.97. The van der Waals surface area contributed by atoms with Gasteiger partial charge in [0.05, 0.1) is 29.5 Å². The molecule has 1 aromatic heterocycles. The molecular weight excluding hydrogens is 671 g/mol. The third-order valence-electron chi connectivity index (χ3n) is 11.5. The van der Waals surface area contributed by atoms with E-state index in [9.17, 15) is 5.48 Å². The number of fused-ring (bicyclic) bond motifs is 9. The maximum absolute atomic E-state index is 9.53. The van der Waals surface area contributed by atoms with Gasteiger partial charge in [0.2, 0.25) is 0 Å². The highest BCUT2D eigenvalue weighted by molar-refractivity contribution is 7.26. The Morgan fingerprint density at radius 2 is 1.02 bits per heavy atom. The Hall–Kier alpha value is -6.22. The Morgan fingerprint density at radius 1 is 0.481 bits per heavy atom. The van der Waals surface area contributed by atoms with Crippen LogP contribution >= 0.6 is 11.3 Å². The Balaban J connectivity index is 1.28. The largest absolute Gasteiger partial charge is 0.309 e. The molecule has 0 saturated heterocycles. The van der Waals surface area contributed by atoms with Crippen LogP contribution in [0.5, 0.6) is 0 Å². The molecule has 1 heterocycles. The van der Waals surface area contributed by atoms with Crippen molar-refractivity contribution in [1.82, 2.24) is 0 Å². The Kier molecular flexibility index (Phi) is 4.91. The first-order valence-electron chi connectivity index (χ1n) is 23.0. The van der Waals surface area contributed by atoms with Gasteiger partial charge in [-0.25, -0.2) is 0 Å². The average molecular weight is 718 g/mol. The van der Waals surface area contributed by atoms with Crippen molar-refractivity contribution in [3.05, 3.63) is 221 Å². The molecular formula is C52H37NS. The van der Waals surface area contributed by atoms with Crippen molar-refractivity contribution in [2.24, 2.45) is 0 Å². The van der Waals surface area contributed by atoms with Gasteiger partial charge in [0, 0.05) is 32.3 Å². The van der Waals surface area contributed by atoms with Crippen LogP contribution in [-0.2, 0) is 10.8 Å². The number of thiophene rings is 1. The SMILES string of the molecule is [2H]c1c([2H])c([2H])c(C2(c3c([2H])c([2H])c([2H])c([2H])c3[2H])c3ccccc3-c3ccc(N(c4ccc5c(c4)C(C)(C)c4ccccc4-5)c4cccc5c4sc4ccccc45)cc32)c([2H])c1[2H]. The summed E-state index contributed by atoms with van der Waals surface area (Å²) in [6, 6.07) is 37.0. The summed E-state index contributed by atoms with van der Waals surface area (Å²) in [5.74, 6) is 0. The highest BCUT2D eigenvalue weighted by Crippen LogP contribution is 2.58. The van der Waals surface area contributed by atoms with E-state index in [0.717, 1.165) is 42.7 Å². The van der Waals surface area contributed by atoms with Crippen LogP contribution in [0.2, 0.25) is 0 Å². The molecule has 0 N–H and O–H groups in total. The Morgan fingerprint density at radius 3 is 1.72 bits per heavy atom. The molecule has 256 valence electrons. The zero-order valence-corrected chi connectivity index (χ0v) is 30.3. The van der Waals surface area contributed by atoms with Gasteiger partial charge in [-0.2, -0.15) is 0 Å². The van der Waals surface area contributed by atoms with Gasteiger partial charge in [-0.3, -0.25) is 0 Å². The van der Waals surface area contributed by atoms with Crippen molar-refractivity contribution in [3.8, 4) is 22.3 Å². The number of hydrogen-bond donors (Lipinski definition) is 0. The molecule has 0 unspecified atom stereocenters. The fourth-order valence-corrected chi connectivity index (χ4v) is 10.3. The molecule has 2 aliphatic carbocycles. The van der Waals surface area contributed by atoms with Crippen LogP contribution in [0.15, 0.2) is 188 Å². The highest BCUT2D eigenvalue weighted by atomic mass is 32.1. The van der Waals surface area contributed by atoms with Crippen LogP contribution in [0.1, 0.15) is 60.9 Å². The predicted molar refractivity (Wildman–Crippen MR) is 229 cm³/mol. The van der Waals surface area contributed by atoms with E-state index in [1.54, 1.807) is 23.5 Å². The molecule has 9 aromatic rings. The highest BCUT2D eigenvalue weighted by Gasteiger charge is 2.46. The predicted octanol–water partition coefficient (Wildman–Crippen LogP) is 14.2. The van der Waals surface area contributed by atoms with Gasteiger partial charge in [0.25, 0.3) is 0 Å². The summed E-state index contributed by atoms with van der Waals surface area (Å²) in [4.78, 5) is 2.19. The number of rotatable bonds is 5. The van der Waals surface area contributed by atoms with Gasteiger partial charge in [0.15, 0.2) is 0 Å². The van der Waals surface area contributed by atoms with Gasteiger partial charge in [-0.1, -0.05) is 165 Å². The summed E-state index contributed by atoms with van der Waals surface area (Å²) in [6.07, 6.45) is 0. The van der Waals surface area contributed by atoms with Crippen LogP contribution in [0, 0.1) is 0 Å². The lowest BCUT2D eigenvalue weighted by Gasteiger charge is -2.35. The summed E-state index contributed by atoms with van der Waals surface area (Å²) in [5, 5.41) is 2.21. The molecule has 0 atom stereocenters. The number of nitrogens with zero attached hydrogens (tertiary/aromatic N) is 1. The molecule has 2 aliphatic rings. The smallest absolute Gasteiger partial charge is 0.0714 e. The van der Waals surface area contributed by atoms with E-state index >= 15 is 0 Å². The summed E-state index contributed by atoms with van der Waals surface area (Å²) in [5.41, 5.74) is 6.59. The lowest BCUT2D eigenvalue weighted by Crippen LogP contribution is -2.28. The second-order valence-electron chi connectivity index (χ2n) is 14.5. The number of anilines is 3.